The molecule has 1 fully saturated rings. The Bertz CT molecular complexity index is 1450. The fraction of sp³-hybridized carbons (Fsp3) is 0.429. The Kier molecular flexibility index (Phi) is 8.20. The van der Waals surface area contributed by atoms with Crippen molar-refractivity contribution in [1.29, 1.82) is 0 Å². The molecular weight excluding hydrogens is 524 g/mol. The summed E-state index contributed by atoms with van der Waals surface area (Å²) < 4.78 is 6.15. The molecule has 0 radical (unpaired) electrons. The fourth-order valence-electron chi connectivity index (χ4n) is 6.80. The van der Waals surface area contributed by atoms with E-state index in [0.717, 1.165) is 42.7 Å². The quantitative estimate of drug-likeness (QED) is 0.370. The van der Waals surface area contributed by atoms with E-state index >= 15 is 0 Å². The Morgan fingerprint density at radius 1 is 0.976 bits per heavy atom. The summed E-state index contributed by atoms with van der Waals surface area (Å²) in [5.41, 5.74) is 5.22. The van der Waals surface area contributed by atoms with Gasteiger partial charge < -0.3 is 25.2 Å². The summed E-state index contributed by atoms with van der Waals surface area (Å²) in [5, 5.41) is 7.27. The number of hydrogen-bond acceptors (Lipinski definition) is 5. The van der Waals surface area contributed by atoms with Crippen molar-refractivity contribution in [1.82, 2.24) is 15.1 Å². The number of likely N-dealkylation sites (tertiary alicyclic amines) is 1. The molecule has 220 valence electrons. The molecule has 0 spiro atoms. The van der Waals surface area contributed by atoms with Crippen LogP contribution in [0.15, 0.2) is 66.7 Å². The van der Waals surface area contributed by atoms with Crippen LogP contribution in [0.25, 0.3) is 0 Å². The first-order valence-corrected chi connectivity index (χ1v) is 15.4. The van der Waals surface area contributed by atoms with E-state index in [1.54, 1.807) is 11.0 Å². The number of carbonyl (C=O) groups is 2. The van der Waals surface area contributed by atoms with Crippen LogP contribution >= 0.6 is 0 Å². The number of nitrogens with zero attached hydrogens (tertiary/aromatic N) is 2. The van der Waals surface area contributed by atoms with Gasteiger partial charge in [0.15, 0.2) is 0 Å². The Morgan fingerprint density at radius 3 is 2.52 bits per heavy atom. The van der Waals surface area contributed by atoms with Gasteiger partial charge in [0.1, 0.15) is 17.5 Å². The van der Waals surface area contributed by atoms with Gasteiger partial charge in [-0.05, 0) is 79.5 Å². The van der Waals surface area contributed by atoms with Gasteiger partial charge in [-0.1, -0.05) is 56.3 Å². The fourth-order valence-corrected chi connectivity index (χ4v) is 6.80. The predicted molar refractivity (Wildman–Crippen MR) is 166 cm³/mol. The molecule has 2 N–H and O–H groups in total. The molecule has 0 unspecified atom stereocenters. The number of amides is 2. The van der Waals surface area contributed by atoms with Crippen molar-refractivity contribution >= 4 is 17.5 Å². The summed E-state index contributed by atoms with van der Waals surface area (Å²) >= 11 is 0. The molecule has 7 heteroatoms. The lowest BCUT2D eigenvalue weighted by atomic mass is 9.96. The molecule has 6 rings (SSSR count). The standard InChI is InChI=1S/C35H42N4O3/c1-23(2)33(35(41)38-19-16-26(17-20-38)37-31-14-12-25-9-5-6-10-28(25)31)39-21-18-36-30-15-13-27(22-29(30)34(39)40)42-32-11-7-4-8-24(32)3/h4-11,13,15,22-23,26,31,33,36-37H,12,14,16-21H2,1-3H3/t31-,33-/m1/s1. The van der Waals surface area contributed by atoms with E-state index in [1.165, 1.54) is 11.1 Å². The number of hydrogen-bond donors (Lipinski definition) is 2. The number of fused-ring (bicyclic) bond motifs is 2. The third-order valence-corrected chi connectivity index (χ3v) is 9.07. The number of carbonyl (C=O) groups excluding carboxylic acids is 2. The number of para-hydroxylation sites is 1. The lowest BCUT2D eigenvalue weighted by Crippen LogP contribution is -2.56. The molecule has 0 bridgehead atoms. The topological polar surface area (TPSA) is 73.9 Å². The van der Waals surface area contributed by atoms with E-state index in [0.29, 0.717) is 49.6 Å². The molecule has 42 heavy (non-hydrogen) atoms. The van der Waals surface area contributed by atoms with Crippen LogP contribution in [-0.4, -0.2) is 59.9 Å². The van der Waals surface area contributed by atoms with Gasteiger partial charge in [-0.3, -0.25) is 9.59 Å². The van der Waals surface area contributed by atoms with Crippen molar-refractivity contribution in [2.45, 2.75) is 64.6 Å². The number of ether oxygens (including phenoxy) is 1. The molecule has 2 amide bonds. The highest BCUT2D eigenvalue weighted by Gasteiger charge is 2.38. The zero-order valence-corrected chi connectivity index (χ0v) is 24.9. The lowest BCUT2D eigenvalue weighted by Gasteiger charge is -2.39. The number of benzene rings is 3. The maximum Gasteiger partial charge on any atom is 0.256 e. The highest BCUT2D eigenvalue weighted by Crippen LogP contribution is 2.33. The van der Waals surface area contributed by atoms with Crippen molar-refractivity contribution in [3.63, 3.8) is 0 Å². The summed E-state index contributed by atoms with van der Waals surface area (Å²) in [7, 11) is 0. The smallest absolute Gasteiger partial charge is 0.256 e. The Hall–Kier alpha value is -3.84. The number of anilines is 1. The van der Waals surface area contributed by atoms with Crippen molar-refractivity contribution in [3.05, 3.63) is 89.0 Å². The molecule has 3 aromatic rings. The Labute approximate surface area is 249 Å². The van der Waals surface area contributed by atoms with E-state index in [4.69, 9.17) is 4.74 Å². The van der Waals surface area contributed by atoms with Gasteiger partial charge in [0.2, 0.25) is 5.91 Å². The minimum atomic E-state index is -0.516. The first kappa shape index (κ1) is 28.3. The van der Waals surface area contributed by atoms with Gasteiger partial charge in [0.05, 0.1) is 5.56 Å². The van der Waals surface area contributed by atoms with Crippen LogP contribution in [0.3, 0.4) is 0 Å². The van der Waals surface area contributed by atoms with Crippen LogP contribution in [-0.2, 0) is 11.2 Å². The molecule has 0 saturated carbocycles. The van der Waals surface area contributed by atoms with Gasteiger partial charge >= 0.3 is 0 Å². The highest BCUT2D eigenvalue weighted by molar-refractivity contribution is 6.03. The van der Waals surface area contributed by atoms with Gasteiger partial charge in [-0.2, -0.15) is 0 Å². The second kappa shape index (κ2) is 12.2. The number of nitrogens with one attached hydrogen (secondary N) is 2. The van der Waals surface area contributed by atoms with E-state index < -0.39 is 6.04 Å². The van der Waals surface area contributed by atoms with Crippen molar-refractivity contribution in [2.24, 2.45) is 5.92 Å². The Morgan fingerprint density at radius 2 is 1.74 bits per heavy atom. The average molecular weight is 567 g/mol. The first-order valence-electron chi connectivity index (χ1n) is 15.4. The van der Waals surface area contributed by atoms with E-state index in [9.17, 15) is 9.59 Å². The molecule has 0 aromatic heterocycles. The molecule has 3 aromatic carbocycles. The molecule has 3 aliphatic rings. The van der Waals surface area contributed by atoms with E-state index in [-0.39, 0.29) is 17.7 Å². The summed E-state index contributed by atoms with van der Waals surface area (Å²) in [4.78, 5) is 31.8. The molecule has 2 aliphatic heterocycles. The van der Waals surface area contributed by atoms with Crippen LogP contribution in [0.1, 0.15) is 66.2 Å². The maximum atomic E-state index is 14.0. The minimum Gasteiger partial charge on any atom is -0.457 e. The van der Waals surface area contributed by atoms with E-state index in [2.05, 4.69) is 34.9 Å². The lowest BCUT2D eigenvalue weighted by molar-refractivity contribution is -0.138. The molecular formula is C35H42N4O3. The zero-order valence-electron chi connectivity index (χ0n) is 24.9. The van der Waals surface area contributed by atoms with Crippen molar-refractivity contribution < 1.29 is 14.3 Å². The van der Waals surface area contributed by atoms with Gasteiger partial charge in [-0.15, -0.1) is 0 Å². The van der Waals surface area contributed by atoms with Gasteiger partial charge in [-0.25, -0.2) is 0 Å². The number of rotatable bonds is 7. The van der Waals surface area contributed by atoms with E-state index in [1.807, 2.05) is 62.1 Å². The van der Waals surface area contributed by atoms with Crippen molar-refractivity contribution in [3.8, 4) is 11.5 Å². The molecule has 1 saturated heterocycles. The first-order chi connectivity index (χ1) is 20.4. The minimum absolute atomic E-state index is 0.0137. The summed E-state index contributed by atoms with van der Waals surface area (Å²) in [5.74, 6) is 1.27. The highest BCUT2D eigenvalue weighted by atomic mass is 16.5. The second-order valence-electron chi connectivity index (χ2n) is 12.2. The number of aryl methyl sites for hydroxylation is 2. The average Bonchev–Trinajstić information content (AvgIpc) is 3.33. The van der Waals surface area contributed by atoms with Gasteiger partial charge in [0, 0.05) is 44.0 Å². The number of piperidine rings is 1. The maximum absolute atomic E-state index is 14.0. The zero-order chi connectivity index (χ0) is 29.2. The second-order valence-corrected chi connectivity index (χ2v) is 12.2. The van der Waals surface area contributed by atoms with Gasteiger partial charge in [0.25, 0.3) is 5.91 Å². The van der Waals surface area contributed by atoms with Crippen LogP contribution in [0.2, 0.25) is 0 Å². The monoisotopic (exact) mass is 566 g/mol. The Balaban J connectivity index is 1.14. The third kappa shape index (κ3) is 5.75. The largest absolute Gasteiger partial charge is 0.457 e. The van der Waals surface area contributed by atoms with Crippen LogP contribution in [0, 0.1) is 12.8 Å². The third-order valence-electron chi connectivity index (χ3n) is 9.07. The molecule has 2 atom stereocenters. The van der Waals surface area contributed by atoms with Crippen LogP contribution in [0.5, 0.6) is 11.5 Å². The normalized spacial score (nSPS) is 19.6. The van der Waals surface area contributed by atoms with Crippen molar-refractivity contribution in [2.75, 3.05) is 31.5 Å². The SMILES string of the molecule is Cc1ccccc1Oc1ccc2c(c1)C(=O)N([C@@H](C(=O)N1CCC(N[C@@H]3CCc4ccccc43)CC1)C(C)C)CCN2. The summed E-state index contributed by atoms with van der Waals surface area (Å²) in [6.07, 6.45) is 4.11. The summed E-state index contributed by atoms with van der Waals surface area (Å²) in [6.45, 7) is 8.55. The molecule has 2 heterocycles. The van der Waals surface area contributed by atoms with Crippen LogP contribution < -0.4 is 15.4 Å². The van der Waals surface area contributed by atoms with Crippen LogP contribution in [0.4, 0.5) is 5.69 Å². The molecule has 7 nitrogen and oxygen atoms in total. The summed E-state index contributed by atoms with van der Waals surface area (Å²) in [6, 6.07) is 22.4. The predicted octanol–water partition coefficient (Wildman–Crippen LogP) is 5.95. The molecule has 1 aliphatic carbocycles.